The van der Waals surface area contributed by atoms with Crippen molar-refractivity contribution in [3.8, 4) is 17.2 Å². The van der Waals surface area contributed by atoms with Crippen LogP contribution >= 0.6 is 0 Å². The lowest BCUT2D eigenvalue weighted by atomic mass is 9.90. The number of benzene rings is 2. The molecule has 1 fully saturated rings. The molecule has 2 aromatic carbocycles. The minimum atomic E-state index is -0.368. The lowest BCUT2D eigenvalue weighted by Gasteiger charge is -2.21. The zero-order valence-corrected chi connectivity index (χ0v) is 22.3. The molecule has 2 aromatic rings. The van der Waals surface area contributed by atoms with E-state index < -0.39 is 0 Å². The van der Waals surface area contributed by atoms with E-state index in [4.69, 9.17) is 14.2 Å². The van der Waals surface area contributed by atoms with Crippen molar-refractivity contribution >= 4 is 5.97 Å². The summed E-state index contributed by atoms with van der Waals surface area (Å²) in [6.07, 6.45) is 19.6. The van der Waals surface area contributed by atoms with Crippen LogP contribution in [0.15, 0.2) is 48.5 Å². The number of hydrogen-bond acceptors (Lipinski definition) is 4. The summed E-state index contributed by atoms with van der Waals surface area (Å²) in [5, 5.41) is 0. The molecule has 0 heterocycles. The Morgan fingerprint density at radius 1 is 0.667 bits per heavy atom. The topological polar surface area (TPSA) is 44.8 Å². The van der Waals surface area contributed by atoms with Crippen molar-refractivity contribution < 1.29 is 19.0 Å². The highest BCUT2D eigenvalue weighted by Crippen LogP contribution is 2.25. The van der Waals surface area contributed by atoms with Crippen LogP contribution in [0.3, 0.4) is 0 Å². The summed E-state index contributed by atoms with van der Waals surface area (Å²) in [5.74, 6) is 2.43. The van der Waals surface area contributed by atoms with E-state index in [1.165, 1.54) is 89.9 Å². The third-order valence-corrected chi connectivity index (χ3v) is 7.10. The average molecular weight is 495 g/mol. The van der Waals surface area contributed by atoms with Crippen molar-refractivity contribution in [2.45, 2.75) is 103 Å². The van der Waals surface area contributed by atoms with Crippen LogP contribution in [0.1, 0.15) is 114 Å². The van der Waals surface area contributed by atoms with Gasteiger partial charge < -0.3 is 14.2 Å². The highest BCUT2D eigenvalue weighted by molar-refractivity contribution is 5.91. The fourth-order valence-corrected chi connectivity index (χ4v) is 4.80. The van der Waals surface area contributed by atoms with Crippen LogP contribution in [0.4, 0.5) is 0 Å². The molecule has 0 aliphatic heterocycles. The first-order chi connectivity index (χ1) is 17.7. The highest BCUT2D eigenvalue weighted by atomic mass is 16.5. The van der Waals surface area contributed by atoms with Crippen molar-refractivity contribution in [3.05, 3.63) is 54.1 Å². The van der Waals surface area contributed by atoms with Gasteiger partial charge in [-0.3, -0.25) is 0 Å². The second kappa shape index (κ2) is 17.1. The van der Waals surface area contributed by atoms with Gasteiger partial charge in [-0.15, -0.1) is 0 Å². The quantitative estimate of drug-likeness (QED) is 0.125. The van der Waals surface area contributed by atoms with Crippen LogP contribution in [-0.2, 0) is 0 Å². The molecule has 1 saturated carbocycles. The van der Waals surface area contributed by atoms with Crippen LogP contribution in [-0.4, -0.2) is 19.2 Å². The van der Waals surface area contributed by atoms with Gasteiger partial charge in [0, 0.05) is 0 Å². The van der Waals surface area contributed by atoms with Gasteiger partial charge in [-0.2, -0.15) is 0 Å². The largest absolute Gasteiger partial charge is 0.494 e. The van der Waals surface area contributed by atoms with Crippen LogP contribution in [0.5, 0.6) is 17.2 Å². The molecule has 0 bridgehead atoms. The SMILES string of the molecule is CCCCCCCCCCCCOc1ccc(C(=O)Oc2ccc(OCC3CCCCC3)cc2)cc1. The Labute approximate surface area is 218 Å². The number of carbonyl (C=O) groups is 1. The van der Waals surface area contributed by atoms with Gasteiger partial charge in [0.05, 0.1) is 18.8 Å². The molecule has 0 spiro atoms. The summed E-state index contributed by atoms with van der Waals surface area (Å²) in [5.41, 5.74) is 0.513. The molecule has 0 atom stereocenters. The lowest BCUT2D eigenvalue weighted by Crippen LogP contribution is -2.15. The van der Waals surface area contributed by atoms with Crippen LogP contribution in [0.25, 0.3) is 0 Å². The second-order valence-electron chi connectivity index (χ2n) is 10.2. The maximum atomic E-state index is 12.5. The van der Waals surface area contributed by atoms with E-state index in [2.05, 4.69) is 6.92 Å². The first-order valence-electron chi connectivity index (χ1n) is 14.4. The van der Waals surface area contributed by atoms with Gasteiger partial charge in [-0.05, 0) is 73.7 Å². The van der Waals surface area contributed by atoms with Gasteiger partial charge in [0.1, 0.15) is 17.2 Å². The maximum Gasteiger partial charge on any atom is 0.343 e. The van der Waals surface area contributed by atoms with E-state index in [0.29, 0.717) is 17.2 Å². The van der Waals surface area contributed by atoms with Crippen molar-refractivity contribution in [1.82, 2.24) is 0 Å². The van der Waals surface area contributed by atoms with Crippen LogP contribution < -0.4 is 14.2 Å². The predicted molar refractivity (Wildman–Crippen MR) is 147 cm³/mol. The monoisotopic (exact) mass is 494 g/mol. The lowest BCUT2D eigenvalue weighted by molar-refractivity contribution is 0.0734. The third kappa shape index (κ3) is 11.1. The molecule has 4 heteroatoms. The highest BCUT2D eigenvalue weighted by Gasteiger charge is 2.14. The van der Waals surface area contributed by atoms with Crippen LogP contribution in [0.2, 0.25) is 0 Å². The van der Waals surface area contributed by atoms with Crippen molar-refractivity contribution in [1.29, 1.82) is 0 Å². The van der Waals surface area contributed by atoms with E-state index in [9.17, 15) is 4.79 Å². The zero-order valence-electron chi connectivity index (χ0n) is 22.3. The van der Waals surface area contributed by atoms with E-state index in [1.807, 2.05) is 24.3 Å². The first kappa shape index (κ1) is 28.1. The van der Waals surface area contributed by atoms with Crippen molar-refractivity contribution in [2.24, 2.45) is 5.92 Å². The number of carbonyl (C=O) groups excluding carboxylic acids is 1. The molecule has 0 N–H and O–H groups in total. The van der Waals surface area contributed by atoms with E-state index in [-0.39, 0.29) is 5.97 Å². The Morgan fingerprint density at radius 3 is 1.83 bits per heavy atom. The smallest absolute Gasteiger partial charge is 0.343 e. The normalized spacial score (nSPS) is 13.9. The molecule has 1 aliphatic rings. The minimum absolute atomic E-state index is 0.368. The molecule has 0 saturated heterocycles. The van der Waals surface area contributed by atoms with Crippen LogP contribution in [0, 0.1) is 5.92 Å². The van der Waals surface area contributed by atoms with E-state index >= 15 is 0 Å². The van der Waals surface area contributed by atoms with Crippen molar-refractivity contribution in [3.63, 3.8) is 0 Å². The molecule has 1 aliphatic carbocycles. The number of esters is 1. The van der Waals surface area contributed by atoms with E-state index in [0.717, 1.165) is 31.1 Å². The molecule has 0 radical (unpaired) electrons. The Morgan fingerprint density at radius 2 is 1.19 bits per heavy atom. The molecule has 0 amide bonds. The third-order valence-electron chi connectivity index (χ3n) is 7.10. The Bertz CT molecular complexity index is 837. The fraction of sp³-hybridized carbons (Fsp3) is 0.594. The predicted octanol–water partition coefficient (Wildman–Crippen LogP) is 9.16. The summed E-state index contributed by atoms with van der Waals surface area (Å²) >= 11 is 0. The van der Waals surface area contributed by atoms with Gasteiger partial charge in [0.2, 0.25) is 0 Å². The Balaban J connectivity index is 1.27. The van der Waals surface area contributed by atoms with Gasteiger partial charge in [-0.25, -0.2) is 4.79 Å². The molecule has 0 aromatic heterocycles. The summed E-state index contributed by atoms with van der Waals surface area (Å²) < 4.78 is 17.3. The molecular formula is C32H46O4. The summed E-state index contributed by atoms with van der Waals surface area (Å²) in [7, 11) is 0. The van der Waals surface area contributed by atoms with Gasteiger partial charge >= 0.3 is 5.97 Å². The molecule has 3 rings (SSSR count). The molecule has 0 unspecified atom stereocenters. The summed E-state index contributed by atoms with van der Waals surface area (Å²) in [6.45, 7) is 3.75. The summed E-state index contributed by atoms with van der Waals surface area (Å²) in [6, 6.07) is 14.5. The van der Waals surface area contributed by atoms with Gasteiger partial charge in [-0.1, -0.05) is 84.0 Å². The molecule has 4 nitrogen and oxygen atoms in total. The maximum absolute atomic E-state index is 12.5. The molecule has 198 valence electrons. The van der Waals surface area contributed by atoms with E-state index in [1.54, 1.807) is 24.3 Å². The number of ether oxygens (including phenoxy) is 3. The Kier molecular flexibility index (Phi) is 13.3. The van der Waals surface area contributed by atoms with Gasteiger partial charge in [0.15, 0.2) is 0 Å². The second-order valence-corrected chi connectivity index (χ2v) is 10.2. The molecular weight excluding hydrogens is 448 g/mol. The first-order valence-corrected chi connectivity index (χ1v) is 14.4. The number of rotatable bonds is 17. The minimum Gasteiger partial charge on any atom is -0.494 e. The average Bonchev–Trinajstić information content (AvgIpc) is 2.92. The molecule has 36 heavy (non-hydrogen) atoms. The zero-order chi connectivity index (χ0) is 25.3. The van der Waals surface area contributed by atoms with Gasteiger partial charge in [0.25, 0.3) is 0 Å². The fourth-order valence-electron chi connectivity index (χ4n) is 4.80. The Hall–Kier alpha value is -2.49. The van der Waals surface area contributed by atoms with Crippen molar-refractivity contribution in [2.75, 3.05) is 13.2 Å². The number of hydrogen-bond donors (Lipinski definition) is 0. The standard InChI is InChI=1S/C32H46O4/c1-2-3-4-5-6-7-8-9-10-14-25-34-29-19-17-28(18-20-29)32(33)36-31-23-21-30(22-24-31)35-26-27-15-12-11-13-16-27/h17-24,27H,2-16,25-26H2,1H3. The number of unbranched alkanes of at least 4 members (excludes halogenated alkanes) is 9. The summed E-state index contributed by atoms with van der Waals surface area (Å²) in [4.78, 5) is 12.5.